The van der Waals surface area contributed by atoms with E-state index < -0.39 is 15.8 Å². The molecule has 0 radical (unpaired) electrons. The normalized spacial score (nSPS) is 17.8. The molecule has 0 amide bonds. The second-order valence-corrected chi connectivity index (χ2v) is 5.51. The maximum Gasteiger partial charge on any atom is 0.255 e. The molecule has 1 heterocycles. The molecule has 8 heteroatoms. The number of ether oxygens (including phenoxy) is 1. The van der Waals surface area contributed by atoms with Gasteiger partial charge in [0.25, 0.3) is 10.0 Å². The number of anilines is 1. The molecule has 1 aliphatic heterocycles. The number of rotatable bonds is 3. The Morgan fingerprint density at radius 3 is 2.61 bits per heavy atom. The van der Waals surface area contributed by atoms with Gasteiger partial charge in [-0.2, -0.15) is 0 Å². The number of sulfonamides is 1. The fraction of sp³-hybridized carbons (Fsp3) is 0.400. The van der Waals surface area contributed by atoms with Crippen LogP contribution in [0.15, 0.2) is 23.1 Å². The predicted molar refractivity (Wildman–Crippen MR) is 63.5 cm³/mol. The average molecular weight is 275 g/mol. The maximum atomic E-state index is 12.9. The lowest BCUT2D eigenvalue weighted by Crippen LogP contribution is -2.48. The third kappa shape index (κ3) is 2.96. The molecule has 1 fully saturated rings. The van der Waals surface area contributed by atoms with Gasteiger partial charge in [0, 0.05) is 13.1 Å². The van der Waals surface area contributed by atoms with Crippen molar-refractivity contribution in [3.8, 4) is 0 Å². The van der Waals surface area contributed by atoms with Crippen molar-refractivity contribution in [2.24, 2.45) is 0 Å². The van der Waals surface area contributed by atoms with E-state index in [0.29, 0.717) is 26.3 Å². The summed E-state index contributed by atoms with van der Waals surface area (Å²) in [7, 11) is -3.78. The number of hydrogen-bond donors (Lipinski definition) is 2. The van der Waals surface area contributed by atoms with E-state index in [1.807, 2.05) is 0 Å². The van der Waals surface area contributed by atoms with Gasteiger partial charge in [0.2, 0.25) is 0 Å². The highest BCUT2D eigenvalue weighted by molar-refractivity contribution is 7.89. The number of nitrogens with one attached hydrogen (secondary N) is 1. The van der Waals surface area contributed by atoms with Crippen LogP contribution in [-0.2, 0) is 14.8 Å². The van der Waals surface area contributed by atoms with E-state index in [-0.39, 0.29) is 10.6 Å². The highest BCUT2D eigenvalue weighted by atomic mass is 32.2. The zero-order valence-corrected chi connectivity index (χ0v) is 10.4. The number of nitrogens with zero attached hydrogens (tertiary/aromatic N) is 1. The van der Waals surface area contributed by atoms with E-state index in [9.17, 15) is 12.8 Å². The standard InChI is InChI=1S/C10H14FN3O3S/c11-8-1-2-10(9(12)7-8)18(15,16)13-14-3-5-17-6-4-14/h1-2,7,13H,3-6,12H2. The Morgan fingerprint density at radius 2 is 2.00 bits per heavy atom. The molecular weight excluding hydrogens is 261 g/mol. The number of nitrogens with two attached hydrogens (primary N) is 1. The quantitative estimate of drug-likeness (QED) is 0.755. The van der Waals surface area contributed by atoms with Gasteiger partial charge in [0.05, 0.1) is 18.9 Å². The van der Waals surface area contributed by atoms with Crippen LogP contribution in [0.25, 0.3) is 0 Å². The molecule has 0 spiro atoms. The summed E-state index contributed by atoms with van der Waals surface area (Å²) >= 11 is 0. The third-order valence-electron chi connectivity index (χ3n) is 2.52. The van der Waals surface area contributed by atoms with Gasteiger partial charge in [-0.25, -0.2) is 17.8 Å². The van der Waals surface area contributed by atoms with E-state index >= 15 is 0 Å². The van der Waals surface area contributed by atoms with Crippen LogP contribution in [0.2, 0.25) is 0 Å². The van der Waals surface area contributed by atoms with Crippen LogP contribution in [0.5, 0.6) is 0 Å². The summed E-state index contributed by atoms with van der Waals surface area (Å²) in [6, 6.07) is 3.19. The number of benzene rings is 1. The first-order valence-electron chi connectivity index (χ1n) is 5.39. The molecule has 1 aromatic carbocycles. The van der Waals surface area contributed by atoms with Crippen molar-refractivity contribution in [1.82, 2.24) is 9.84 Å². The Kier molecular flexibility index (Phi) is 3.81. The molecule has 1 aliphatic rings. The zero-order chi connectivity index (χ0) is 13.2. The maximum absolute atomic E-state index is 12.9. The molecular formula is C10H14FN3O3S. The molecule has 0 unspecified atom stereocenters. The number of halogens is 1. The number of nitrogen functional groups attached to an aromatic ring is 1. The minimum atomic E-state index is -3.78. The van der Waals surface area contributed by atoms with Crippen LogP contribution in [0.1, 0.15) is 0 Å². The topological polar surface area (TPSA) is 84.7 Å². The van der Waals surface area contributed by atoms with Gasteiger partial charge in [-0.3, -0.25) is 0 Å². The van der Waals surface area contributed by atoms with E-state index in [2.05, 4.69) is 4.83 Å². The van der Waals surface area contributed by atoms with Gasteiger partial charge in [-0.15, -0.1) is 4.83 Å². The Balaban J connectivity index is 2.19. The summed E-state index contributed by atoms with van der Waals surface area (Å²) in [5.41, 5.74) is 5.40. The fourth-order valence-electron chi connectivity index (χ4n) is 1.64. The van der Waals surface area contributed by atoms with Crippen molar-refractivity contribution in [2.75, 3.05) is 32.0 Å². The van der Waals surface area contributed by atoms with Gasteiger partial charge >= 0.3 is 0 Å². The summed E-state index contributed by atoms with van der Waals surface area (Å²) in [5, 5.41) is 1.53. The molecule has 3 N–H and O–H groups in total. The summed E-state index contributed by atoms with van der Waals surface area (Å²) < 4.78 is 42.1. The average Bonchev–Trinajstić information content (AvgIpc) is 2.29. The summed E-state index contributed by atoms with van der Waals surface area (Å²) in [4.78, 5) is 2.27. The van der Waals surface area contributed by atoms with E-state index in [0.717, 1.165) is 18.2 Å². The molecule has 0 aromatic heterocycles. The lowest BCUT2D eigenvalue weighted by Gasteiger charge is -2.26. The third-order valence-corrected chi connectivity index (χ3v) is 3.97. The molecule has 0 aliphatic carbocycles. The van der Waals surface area contributed by atoms with E-state index in [1.54, 1.807) is 0 Å². The van der Waals surface area contributed by atoms with Gasteiger partial charge in [0.15, 0.2) is 0 Å². The van der Waals surface area contributed by atoms with E-state index in [1.165, 1.54) is 5.01 Å². The lowest BCUT2D eigenvalue weighted by atomic mass is 10.3. The Hall–Kier alpha value is -1.22. The fourth-order valence-corrected chi connectivity index (χ4v) is 2.88. The minimum absolute atomic E-state index is 0.115. The number of hydrogen-bond acceptors (Lipinski definition) is 5. The number of morpholine rings is 1. The van der Waals surface area contributed by atoms with Crippen molar-refractivity contribution in [1.29, 1.82) is 0 Å². The van der Waals surface area contributed by atoms with Gasteiger partial charge in [0.1, 0.15) is 10.7 Å². The van der Waals surface area contributed by atoms with Crippen molar-refractivity contribution in [3.63, 3.8) is 0 Å². The highest BCUT2D eigenvalue weighted by Gasteiger charge is 2.22. The second-order valence-electron chi connectivity index (χ2n) is 3.88. The lowest BCUT2D eigenvalue weighted by molar-refractivity contribution is 0.0272. The molecule has 0 saturated carbocycles. The predicted octanol–water partition coefficient (Wildman–Crippen LogP) is -0.0666. The van der Waals surface area contributed by atoms with Crippen molar-refractivity contribution in [2.45, 2.75) is 4.90 Å². The van der Waals surface area contributed by atoms with Crippen molar-refractivity contribution >= 4 is 15.7 Å². The van der Waals surface area contributed by atoms with E-state index in [4.69, 9.17) is 10.5 Å². The summed E-state index contributed by atoms with van der Waals surface area (Å²) in [5.74, 6) is -0.571. The van der Waals surface area contributed by atoms with Crippen LogP contribution in [0, 0.1) is 5.82 Å². The Labute approximate surface area is 105 Å². The van der Waals surface area contributed by atoms with Gasteiger partial charge < -0.3 is 10.5 Å². The zero-order valence-electron chi connectivity index (χ0n) is 9.60. The minimum Gasteiger partial charge on any atom is -0.398 e. The Morgan fingerprint density at radius 1 is 1.33 bits per heavy atom. The monoisotopic (exact) mass is 275 g/mol. The molecule has 1 saturated heterocycles. The van der Waals surface area contributed by atoms with Crippen LogP contribution in [0.4, 0.5) is 10.1 Å². The summed E-state index contributed by atoms with van der Waals surface area (Å²) in [6.07, 6.45) is 0. The first kappa shape index (κ1) is 13.2. The number of hydrazine groups is 1. The van der Waals surface area contributed by atoms with Crippen LogP contribution >= 0.6 is 0 Å². The smallest absolute Gasteiger partial charge is 0.255 e. The van der Waals surface area contributed by atoms with Crippen LogP contribution < -0.4 is 10.6 Å². The molecule has 2 rings (SSSR count). The van der Waals surface area contributed by atoms with Crippen molar-refractivity contribution < 1.29 is 17.5 Å². The largest absolute Gasteiger partial charge is 0.398 e. The molecule has 0 atom stereocenters. The van der Waals surface area contributed by atoms with Crippen LogP contribution in [-0.4, -0.2) is 39.7 Å². The first-order valence-corrected chi connectivity index (χ1v) is 6.87. The SMILES string of the molecule is Nc1cc(F)ccc1S(=O)(=O)NN1CCOCC1. The molecule has 0 bridgehead atoms. The van der Waals surface area contributed by atoms with Gasteiger partial charge in [-0.05, 0) is 18.2 Å². The Bertz CT molecular complexity index is 529. The van der Waals surface area contributed by atoms with Gasteiger partial charge in [-0.1, -0.05) is 0 Å². The highest BCUT2D eigenvalue weighted by Crippen LogP contribution is 2.19. The second kappa shape index (κ2) is 5.19. The molecule has 100 valence electrons. The van der Waals surface area contributed by atoms with Crippen LogP contribution in [0.3, 0.4) is 0 Å². The summed E-state index contributed by atoms with van der Waals surface area (Å²) in [6.45, 7) is 1.84. The molecule has 18 heavy (non-hydrogen) atoms. The van der Waals surface area contributed by atoms with Crippen molar-refractivity contribution in [3.05, 3.63) is 24.0 Å². The molecule has 1 aromatic rings. The first-order chi connectivity index (χ1) is 8.49. The molecule has 6 nitrogen and oxygen atoms in total.